The van der Waals surface area contributed by atoms with Crippen molar-refractivity contribution >= 4 is 60.7 Å². The normalized spacial score (nSPS) is 10.6. The first-order valence-corrected chi connectivity index (χ1v) is 11.1. The molecule has 0 aliphatic carbocycles. The van der Waals surface area contributed by atoms with Gasteiger partial charge in [-0.25, -0.2) is 28.6 Å². The van der Waals surface area contributed by atoms with Gasteiger partial charge in [-0.05, 0) is 0 Å². The minimum absolute atomic E-state index is 0. The third-order valence-electron chi connectivity index (χ3n) is 2.61. The second-order valence-electron chi connectivity index (χ2n) is 5.12. The molecule has 2 aromatic heterocycles. The maximum Gasteiger partial charge on any atom is 1.00 e. The van der Waals surface area contributed by atoms with Gasteiger partial charge in [-0.15, -0.1) is 0 Å². The van der Waals surface area contributed by atoms with E-state index < -0.39 is 51.6 Å². The Morgan fingerprint density at radius 2 is 1.56 bits per heavy atom. The zero-order valence-corrected chi connectivity index (χ0v) is 23.9. The zero-order valence-electron chi connectivity index (χ0n) is 22.6. The molecular formula is C17H22Cl2N3NaO12S. The van der Waals surface area contributed by atoms with Gasteiger partial charge in [0.05, 0.1) is 14.2 Å². The van der Waals surface area contributed by atoms with Gasteiger partial charge in [0.25, 0.3) is 0 Å². The molecule has 0 spiro atoms. The largest absolute Gasteiger partial charge is 1.00 e. The standard InChI is InChI=1S/C6H9NO4.C6H7NO3.C5H5NO3.Cl2OS.Na.H2O/c1-4(9)7-5(3-8)6(10)11-2;1-4-7-5(3-10-4)6(8)9-2;1-3-6-4(2-9-3)5(7)8;1-4(2)3;;/h3,5H,1-2H3,(H,7,9);3H,1-2H3;2H,1H3,(H,7,8);;;1H2/q;;;;+1;/p-1/i2*3D;2D;;;. The zero-order chi connectivity index (χ0) is 29.5. The van der Waals surface area contributed by atoms with E-state index in [4.69, 9.17) is 17.8 Å². The number of halogens is 2. The molecule has 15 nitrogen and oxygen atoms in total. The van der Waals surface area contributed by atoms with E-state index in [2.05, 4.69) is 45.2 Å². The molecule has 36 heavy (non-hydrogen) atoms. The smallest absolute Gasteiger partial charge is 0.870 e. The Labute approximate surface area is 242 Å². The molecule has 0 saturated carbocycles. The van der Waals surface area contributed by atoms with Crippen molar-refractivity contribution in [2.45, 2.75) is 26.8 Å². The Kier molecular flexibility index (Phi) is 21.6. The molecule has 0 aromatic carbocycles. The summed E-state index contributed by atoms with van der Waals surface area (Å²) >= 11 is 0. The Hall–Kier alpha value is -2.34. The van der Waals surface area contributed by atoms with Gasteiger partial charge in [0.1, 0.15) is 16.6 Å². The van der Waals surface area contributed by atoms with Crippen molar-refractivity contribution in [1.82, 2.24) is 15.3 Å². The number of nitrogens with zero attached hydrogens (tertiary/aromatic N) is 2. The Morgan fingerprint density at radius 3 is 1.78 bits per heavy atom. The fraction of sp³-hybridized carbons (Fsp3) is 0.353. The van der Waals surface area contributed by atoms with Crippen LogP contribution in [0.4, 0.5) is 0 Å². The monoisotopic (exact) mass is 588 g/mol. The number of rotatable bonds is 5. The van der Waals surface area contributed by atoms with Gasteiger partial charge in [0.15, 0.2) is 35.5 Å². The number of aromatic carboxylic acids is 1. The molecule has 2 heterocycles. The summed E-state index contributed by atoms with van der Waals surface area (Å²) in [5.74, 6) is -2.90. The number of aromatic nitrogens is 2. The van der Waals surface area contributed by atoms with Crippen LogP contribution in [0.3, 0.4) is 0 Å². The van der Waals surface area contributed by atoms with E-state index in [9.17, 15) is 24.0 Å². The molecule has 0 saturated heterocycles. The topological polar surface area (TPSA) is 235 Å². The average molecular weight is 589 g/mol. The molecule has 0 bridgehead atoms. The first-order valence-electron chi connectivity index (χ1n) is 9.77. The average Bonchev–Trinajstić information content (AvgIpc) is 3.30. The molecule has 198 valence electrons. The number of aldehydes is 1. The predicted molar refractivity (Wildman–Crippen MR) is 118 cm³/mol. The van der Waals surface area contributed by atoms with Crippen molar-refractivity contribution in [2.24, 2.45) is 0 Å². The fourth-order valence-corrected chi connectivity index (χ4v) is 1.38. The van der Waals surface area contributed by atoms with Crippen LogP contribution in [-0.4, -0.2) is 75.1 Å². The number of ether oxygens (including phenoxy) is 2. The van der Waals surface area contributed by atoms with Crippen LogP contribution in [0.2, 0.25) is 0 Å². The van der Waals surface area contributed by atoms with Crippen LogP contribution in [0.5, 0.6) is 0 Å². The van der Waals surface area contributed by atoms with E-state index in [1.165, 1.54) is 14.0 Å². The predicted octanol–water partition coefficient (Wildman–Crippen LogP) is -1.82. The van der Waals surface area contributed by atoms with Crippen molar-refractivity contribution in [2.75, 3.05) is 14.2 Å². The van der Waals surface area contributed by atoms with E-state index in [0.29, 0.717) is 0 Å². The minimum Gasteiger partial charge on any atom is -0.870 e. The van der Waals surface area contributed by atoms with Crippen molar-refractivity contribution in [1.29, 1.82) is 0 Å². The molecule has 2 rings (SSSR count). The Balaban J connectivity index is -0.000000215. The van der Waals surface area contributed by atoms with Crippen LogP contribution in [0.25, 0.3) is 0 Å². The summed E-state index contributed by atoms with van der Waals surface area (Å²) in [4.78, 5) is 59.7. The number of amides is 1. The first-order chi connectivity index (χ1) is 17.0. The maximum absolute atomic E-state index is 10.8. The van der Waals surface area contributed by atoms with E-state index in [-0.39, 0.29) is 64.4 Å². The van der Waals surface area contributed by atoms with Gasteiger partial charge in [-0.1, -0.05) is 0 Å². The quantitative estimate of drug-likeness (QED) is 0.129. The Bertz CT molecular complexity index is 1130. The van der Waals surface area contributed by atoms with E-state index in [0.717, 1.165) is 14.0 Å². The molecule has 0 aliphatic rings. The van der Waals surface area contributed by atoms with Crippen molar-refractivity contribution < 1.29 is 90.7 Å². The van der Waals surface area contributed by atoms with Gasteiger partial charge < -0.3 is 39.0 Å². The van der Waals surface area contributed by atoms with E-state index in [1.807, 2.05) is 5.32 Å². The van der Waals surface area contributed by atoms with Gasteiger partial charge in [-0.3, -0.25) is 4.79 Å². The molecular weight excluding hydrogens is 564 g/mol. The number of carboxylic acid groups (broad SMARTS) is 1. The number of carbonyl (C=O) groups is 5. The number of methoxy groups -OCH3 is 2. The molecule has 0 fully saturated rings. The number of nitrogens with one attached hydrogen (secondary N) is 1. The minimum atomic E-state index is -1.67. The van der Waals surface area contributed by atoms with Crippen molar-refractivity contribution in [3.8, 4) is 0 Å². The van der Waals surface area contributed by atoms with Crippen LogP contribution in [0.1, 0.15) is 43.8 Å². The first kappa shape index (κ1) is 33.7. The maximum atomic E-state index is 10.8. The van der Waals surface area contributed by atoms with Gasteiger partial charge in [0.2, 0.25) is 15.1 Å². The van der Waals surface area contributed by atoms with Crippen LogP contribution >= 0.6 is 21.4 Å². The molecule has 1 amide bonds. The number of carboxylic acids is 1. The summed E-state index contributed by atoms with van der Waals surface area (Å²) in [5.41, 5.74) is -0.414. The molecule has 19 heteroatoms. The van der Waals surface area contributed by atoms with Gasteiger partial charge in [0, 0.05) is 42.1 Å². The molecule has 1 atom stereocenters. The second-order valence-corrected chi connectivity index (χ2v) is 7.65. The molecule has 2 aromatic rings. The number of hydrogen-bond acceptors (Lipinski definition) is 13. The molecule has 1 unspecified atom stereocenters. The third-order valence-corrected chi connectivity index (χ3v) is 2.61. The molecule has 0 radical (unpaired) electrons. The number of hydrogen-bond donors (Lipinski definition) is 2. The van der Waals surface area contributed by atoms with Crippen molar-refractivity contribution in [3.05, 3.63) is 35.6 Å². The number of carbonyl (C=O) groups excluding carboxylic acids is 4. The van der Waals surface area contributed by atoms with Gasteiger partial charge in [-0.2, -0.15) is 0 Å². The van der Waals surface area contributed by atoms with Crippen LogP contribution in [0.15, 0.2) is 21.3 Å². The molecule has 3 N–H and O–H groups in total. The van der Waals surface area contributed by atoms with E-state index in [1.54, 1.807) is 6.92 Å². The summed E-state index contributed by atoms with van der Waals surface area (Å²) in [6.07, 6.45) is -1.85. The SMILES string of the molecule is O=S(Cl)Cl.[2H]C(=O)C(NC(C)=O)C(=O)OC.[2H]c1oc(C)nc1C(=O)O.[2H]c1oc(C)nc1C(=O)OC.[Na+].[OH-]. The van der Waals surface area contributed by atoms with Crippen molar-refractivity contribution in [3.63, 3.8) is 0 Å². The number of aryl methyl sites for hydroxylation is 2. The van der Waals surface area contributed by atoms with Gasteiger partial charge >= 0.3 is 47.5 Å². The molecule has 0 aliphatic heterocycles. The summed E-state index contributed by atoms with van der Waals surface area (Å²) in [6.45, 7) is 4.19. The van der Waals surface area contributed by atoms with Crippen LogP contribution in [0, 0.1) is 13.8 Å². The number of oxazole rings is 2. The second kappa shape index (κ2) is 23.1. The number of esters is 2. The third kappa shape index (κ3) is 21.0. The Morgan fingerprint density at radius 1 is 1.14 bits per heavy atom. The fourth-order valence-electron chi connectivity index (χ4n) is 1.38. The van der Waals surface area contributed by atoms with Crippen LogP contribution < -0.4 is 34.9 Å². The van der Waals surface area contributed by atoms with E-state index >= 15 is 0 Å². The summed E-state index contributed by atoms with van der Waals surface area (Å²) in [5, 5.41) is 10.3. The summed E-state index contributed by atoms with van der Waals surface area (Å²) in [6, 6.07) is -1.51. The summed E-state index contributed by atoms with van der Waals surface area (Å²) < 4.78 is 47.5. The van der Waals surface area contributed by atoms with Crippen LogP contribution in [-0.2, 0) is 33.1 Å². The summed E-state index contributed by atoms with van der Waals surface area (Å²) in [7, 11) is 9.66.